The Labute approximate surface area is 185 Å². The van der Waals surface area contributed by atoms with Crippen LogP contribution in [0.3, 0.4) is 0 Å². The van der Waals surface area contributed by atoms with Gasteiger partial charge in [0.15, 0.2) is 11.7 Å². The smallest absolute Gasteiger partial charge is 0.268 e. The Balaban J connectivity index is 1.38. The molecule has 154 valence electrons. The van der Waals surface area contributed by atoms with E-state index in [4.69, 9.17) is 27.6 Å². The van der Waals surface area contributed by atoms with Gasteiger partial charge >= 0.3 is 0 Å². The van der Waals surface area contributed by atoms with Crippen molar-refractivity contribution >= 4 is 50.7 Å². The predicted octanol–water partition coefficient (Wildman–Crippen LogP) is 4.54. The Bertz CT molecular complexity index is 1280. The fourth-order valence-corrected chi connectivity index (χ4v) is 4.18. The van der Waals surface area contributed by atoms with Crippen LogP contribution >= 0.6 is 34.5 Å². The lowest BCUT2D eigenvalue weighted by Gasteiger charge is -2.16. The molecule has 0 atom stereocenters. The quantitative estimate of drug-likeness (QED) is 0.454. The molecule has 4 rings (SSSR count). The molecule has 0 radical (unpaired) electrons. The lowest BCUT2D eigenvalue weighted by Crippen LogP contribution is -2.28. The van der Waals surface area contributed by atoms with Crippen LogP contribution < -0.4 is 5.56 Å². The Hall–Kier alpha value is -2.68. The Morgan fingerprint density at radius 2 is 2.13 bits per heavy atom. The van der Waals surface area contributed by atoms with Gasteiger partial charge in [0.25, 0.3) is 5.56 Å². The van der Waals surface area contributed by atoms with Gasteiger partial charge in [0, 0.05) is 30.5 Å². The monoisotopic (exact) mass is 462 g/mol. The van der Waals surface area contributed by atoms with Gasteiger partial charge in [0.1, 0.15) is 10.5 Å². The van der Waals surface area contributed by atoms with Gasteiger partial charge in [0.05, 0.1) is 23.3 Å². The normalized spacial score (nSPS) is 11.2. The molecule has 0 aliphatic rings. The first-order valence-corrected chi connectivity index (χ1v) is 10.6. The number of nitrogens with one attached hydrogen (secondary N) is 1. The SMILES string of the molecule is CN(Cc1nc2ccsc2c(=O)[nH]1)C(=O)CCc1ncc(-c2ccc(Cl)cc2Cl)o1. The Morgan fingerprint density at radius 1 is 1.30 bits per heavy atom. The van der Waals surface area contributed by atoms with Crippen LogP contribution in [0.2, 0.25) is 10.0 Å². The first-order chi connectivity index (χ1) is 14.4. The van der Waals surface area contributed by atoms with E-state index in [0.29, 0.717) is 49.7 Å². The number of nitrogens with zero attached hydrogens (tertiary/aromatic N) is 3. The zero-order valence-electron chi connectivity index (χ0n) is 15.8. The molecule has 0 unspecified atom stereocenters. The summed E-state index contributed by atoms with van der Waals surface area (Å²) in [5.74, 6) is 1.27. The number of aromatic amines is 1. The number of aryl methyl sites for hydroxylation is 1. The van der Waals surface area contributed by atoms with Gasteiger partial charge in [0.2, 0.25) is 5.91 Å². The molecule has 0 spiro atoms. The molecule has 0 aliphatic carbocycles. The topological polar surface area (TPSA) is 92.1 Å². The van der Waals surface area contributed by atoms with Gasteiger partial charge in [-0.25, -0.2) is 9.97 Å². The number of carbonyl (C=O) groups is 1. The van der Waals surface area contributed by atoms with Gasteiger partial charge in [-0.3, -0.25) is 9.59 Å². The maximum atomic E-state index is 12.5. The first-order valence-electron chi connectivity index (χ1n) is 9.01. The molecule has 0 saturated heterocycles. The van der Waals surface area contributed by atoms with E-state index in [1.165, 1.54) is 16.2 Å². The van der Waals surface area contributed by atoms with Gasteiger partial charge in [-0.1, -0.05) is 23.2 Å². The average Bonchev–Trinajstić information content (AvgIpc) is 3.35. The number of H-pyrrole nitrogens is 1. The van der Waals surface area contributed by atoms with Crippen molar-refractivity contribution in [2.24, 2.45) is 0 Å². The number of thiophene rings is 1. The number of rotatable bonds is 6. The highest BCUT2D eigenvalue weighted by Crippen LogP contribution is 2.30. The summed E-state index contributed by atoms with van der Waals surface area (Å²) in [5, 5.41) is 2.81. The standard InChI is InChI=1S/C20H16Cl2N4O3S/c1-26(10-16-24-14-6-7-30-19(14)20(28)25-16)18(27)5-4-17-23-9-15(29-17)12-3-2-11(21)8-13(12)22/h2-3,6-9H,4-5,10H2,1H3,(H,24,25,28). The highest BCUT2D eigenvalue weighted by molar-refractivity contribution is 7.17. The van der Waals surface area contributed by atoms with Gasteiger partial charge in [-0.05, 0) is 29.6 Å². The second-order valence-electron chi connectivity index (χ2n) is 6.64. The van der Waals surface area contributed by atoms with Crippen molar-refractivity contribution in [2.75, 3.05) is 7.05 Å². The average molecular weight is 463 g/mol. The van der Waals surface area contributed by atoms with Crippen LogP contribution in [0, 0.1) is 0 Å². The molecule has 1 N–H and O–H groups in total. The van der Waals surface area contributed by atoms with Crippen molar-refractivity contribution in [3.8, 4) is 11.3 Å². The molecule has 0 saturated carbocycles. The van der Waals surface area contributed by atoms with E-state index in [2.05, 4.69) is 15.0 Å². The lowest BCUT2D eigenvalue weighted by atomic mass is 10.2. The first kappa shape index (κ1) is 20.6. The summed E-state index contributed by atoms with van der Waals surface area (Å²) in [5.41, 5.74) is 1.12. The minimum atomic E-state index is -0.195. The zero-order chi connectivity index (χ0) is 21.3. The Kier molecular flexibility index (Phi) is 5.90. The number of fused-ring (bicyclic) bond motifs is 1. The van der Waals surface area contributed by atoms with Crippen molar-refractivity contribution in [1.29, 1.82) is 0 Å². The second-order valence-corrected chi connectivity index (χ2v) is 8.40. The molecule has 30 heavy (non-hydrogen) atoms. The van der Waals surface area contributed by atoms with E-state index < -0.39 is 0 Å². The van der Waals surface area contributed by atoms with Crippen molar-refractivity contribution in [3.63, 3.8) is 0 Å². The summed E-state index contributed by atoms with van der Waals surface area (Å²) in [6.07, 6.45) is 2.11. The van der Waals surface area contributed by atoms with E-state index in [1.807, 2.05) is 5.38 Å². The molecule has 1 amide bonds. The number of benzene rings is 1. The van der Waals surface area contributed by atoms with Crippen molar-refractivity contribution in [3.05, 3.63) is 68.0 Å². The molecule has 0 aliphatic heterocycles. The number of amides is 1. The third kappa shape index (κ3) is 4.40. The largest absolute Gasteiger partial charge is 0.441 e. The molecule has 0 bridgehead atoms. The third-order valence-electron chi connectivity index (χ3n) is 4.48. The fourth-order valence-electron chi connectivity index (χ4n) is 2.95. The van der Waals surface area contributed by atoms with E-state index in [0.717, 1.165) is 0 Å². The lowest BCUT2D eigenvalue weighted by molar-refractivity contribution is -0.130. The summed E-state index contributed by atoms with van der Waals surface area (Å²) in [6.45, 7) is 0.205. The summed E-state index contributed by atoms with van der Waals surface area (Å²) in [4.78, 5) is 37.4. The van der Waals surface area contributed by atoms with Crippen LogP contribution in [0.4, 0.5) is 0 Å². The van der Waals surface area contributed by atoms with Crippen molar-refractivity contribution in [1.82, 2.24) is 19.9 Å². The van der Waals surface area contributed by atoms with Gasteiger partial charge in [-0.2, -0.15) is 0 Å². The summed E-state index contributed by atoms with van der Waals surface area (Å²) < 4.78 is 6.30. The minimum absolute atomic E-state index is 0.118. The van der Waals surface area contributed by atoms with Crippen LogP contribution in [0.15, 0.2) is 45.1 Å². The molecule has 10 heteroatoms. The number of aromatic nitrogens is 3. The molecule has 7 nitrogen and oxygen atoms in total. The van der Waals surface area contributed by atoms with Gasteiger partial charge in [-0.15, -0.1) is 11.3 Å². The van der Waals surface area contributed by atoms with Crippen molar-refractivity contribution < 1.29 is 9.21 Å². The van der Waals surface area contributed by atoms with Crippen LogP contribution in [0.1, 0.15) is 18.1 Å². The predicted molar refractivity (Wildman–Crippen MR) is 117 cm³/mol. The second kappa shape index (κ2) is 8.59. The molecular formula is C20H16Cl2N4O3S. The van der Waals surface area contributed by atoms with Gasteiger partial charge < -0.3 is 14.3 Å². The summed E-state index contributed by atoms with van der Waals surface area (Å²) >= 11 is 13.4. The fraction of sp³-hybridized carbons (Fsp3) is 0.200. The summed E-state index contributed by atoms with van der Waals surface area (Å²) in [6, 6.07) is 6.89. The Morgan fingerprint density at radius 3 is 2.93 bits per heavy atom. The van der Waals surface area contributed by atoms with E-state index in [9.17, 15) is 9.59 Å². The zero-order valence-corrected chi connectivity index (χ0v) is 18.1. The van der Waals surface area contributed by atoms with E-state index >= 15 is 0 Å². The van der Waals surface area contributed by atoms with Crippen LogP contribution in [0.25, 0.3) is 21.5 Å². The van der Waals surface area contributed by atoms with Crippen LogP contribution in [0.5, 0.6) is 0 Å². The minimum Gasteiger partial charge on any atom is -0.441 e. The maximum Gasteiger partial charge on any atom is 0.268 e. The molecule has 3 heterocycles. The molecular weight excluding hydrogens is 447 g/mol. The molecule has 3 aromatic heterocycles. The number of halogens is 2. The van der Waals surface area contributed by atoms with Crippen LogP contribution in [-0.4, -0.2) is 32.8 Å². The number of carbonyl (C=O) groups excluding carboxylic acids is 1. The van der Waals surface area contributed by atoms with Crippen molar-refractivity contribution in [2.45, 2.75) is 19.4 Å². The summed E-state index contributed by atoms with van der Waals surface area (Å²) in [7, 11) is 1.66. The van der Waals surface area contributed by atoms with Crippen LogP contribution in [-0.2, 0) is 17.8 Å². The number of hydrogen-bond acceptors (Lipinski definition) is 6. The molecule has 1 aromatic carbocycles. The molecule has 4 aromatic rings. The highest BCUT2D eigenvalue weighted by Gasteiger charge is 2.15. The van der Waals surface area contributed by atoms with E-state index in [1.54, 1.807) is 37.5 Å². The highest BCUT2D eigenvalue weighted by atomic mass is 35.5. The number of hydrogen-bond donors (Lipinski definition) is 1. The number of oxazole rings is 1. The maximum absolute atomic E-state index is 12.5. The van der Waals surface area contributed by atoms with E-state index in [-0.39, 0.29) is 24.4 Å². The third-order valence-corrected chi connectivity index (χ3v) is 5.93. The molecule has 0 fully saturated rings.